The molecule has 0 fully saturated rings. The molecule has 0 atom stereocenters. The zero-order chi connectivity index (χ0) is 11.8. The van der Waals surface area contributed by atoms with Gasteiger partial charge in [-0.15, -0.1) is 6.58 Å². The summed E-state index contributed by atoms with van der Waals surface area (Å²) < 4.78 is 0. The van der Waals surface area contributed by atoms with Crippen molar-refractivity contribution in [1.29, 1.82) is 0 Å². The number of benzene rings is 1. The summed E-state index contributed by atoms with van der Waals surface area (Å²) in [5.74, 6) is 0. The highest BCUT2D eigenvalue weighted by atomic mass is 15.0. The summed E-state index contributed by atoms with van der Waals surface area (Å²) in [6, 6.07) is 8.61. The summed E-state index contributed by atoms with van der Waals surface area (Å²) in [5, 5.41) is 0. The first-order chi connectivity index (χ1) is 6.91. The molecule has 0 bridgehead atoms. The molecule has 1 rings (SSSR count). The summed E-state index contributed by atoms with van der Waals surface area (Å²) in [5.41, 5.74) is 3.89. The highest BCUT2D eigenvalue weighted by Gasteiger charge is 1.93. The van der Waals surface area contributed by atoms with Crippen LogP contribution in [0.3, 0.4) is 0 Å². The van der Waals surface area contributed by atoms with Crippen molar-refractivity contribution in [2.24, 2.45) is 0 Å². The van der Waals surface area contributed by atoms with E-state index in [0.717, 1.165) is 6.54 Å². The molecule has 15 heavy (non-hydrogen) atoms. The second kappa shape index (κ2) is 7.24. The zero-order valence-corrected chi connectivity index (χ0v) is 10.7. The summed E-state index contributed by atoms with van der Waals surface area (Å²) >= 11 is 0. The Balaban J connectivity index is 0.000000423. The fourth-order valence-electron chi connectivity index (χ4n) is 1.18. The van der Waals surface area contributed by atoms with E-state index in [0.29, 0.717) is 0 Å². The van der Waals surface area contributed by atoms with Gasteiger partial charge < -0.3 is 4.90 Å². The number of nitrogens with zero attached hydrogens (tertiary/aromatic N) is 1. The summed E-state index contributed by atoms with van der Waals surface area (Å²) in [4.78, 5) is 2.18. The lowest BCUT2D eigenvalue weighted by Gasteiger charge is -2.09. The molecule has 0 N–H and O–H groups in total. The molecular weight excluding hydrogens is 182 g/mol. The maximum absolute atomic E-state index is 3.56. The lowest BCUT2D eigenvalue weighted by molar-refractivity contribution is 0.402. The molecule has 0 unspecified atom stereocenters. The van der Waals surface area contributed by atoms with Crippen molar-refractivity contribution in [3.05, 3.63) is 47.5 Å². The van der Waals surface area contributed by atoms with Crippen molar-refractivity contribution < 1.29 is 0 Å². The lowest BCUT2D eigenvalue weighted by atomic mass is 10.1. The van der Waals surface area contributed by atoms with Crippen molar-refractivity contribution in [2.45, 2.75) is 27.3 Å². The van der Waals surface area contributed by atoms with Crippen LogP contribution in [-0.4, -0.2) is 19.0 Å². The monoisotopic (exact) mass is 205 g/mol. The minimum atomic E-state index is 1.03. The van der Waals surface area contributed by atoms with E-state index in [4.69, 9.17) is 0 Å². The van der Waals surface area contributed by atoms with Gasteiger partial charge in [-0.3, -0.25) is 0 Å². The van der Waals surface area contributed by atoms with Gasteiger partial charge in [0.2, 0.25) is 0 Å². The third kappa shape index (κ3) is 9.23. The molecule has 0 aliphatic heterocycles. The Morgan fingerprint density at radius 1 is 1.27 bits per heavy atom. The second-order valence-corrected chi connectivity index (χ2v) is 4.43. The van der Waals surface area contributed by atoms with E-state index in [9.17, 15) is 0 Å². The Labute approximate surface area is 94.4 Å². The number of rotatable bonds is 2. The van der Waals surface area contributed by atoms with Crippen LogP contribution < -0.4 is 0 Å². The van der Waals surface area contributed by atoms with Crippen LogP contribution >= 0.6 is 0 Å². The van der Waals surface area contributed by atoms with E-state index in [1.807, 2.05) is 13.8 Å². The standard InChI is InChI=1S/C10H15N.C4H8/c1-9-5-4-6-10(7-9)8-11(2)3;1-4(2)3/h4-7H,8H2,1-3H3;1H2,2-3H3. The molecule has 0 aromatic heterocycles. The molecule has 1 aromatic rings. The van der Waals surface area contributed by atoms with E-state index in [2.05, 4.69) is 56.8 Å². The van der Waals surface area contributed by atoms with Crippen LogP contribution in [0, 0.1) is 6.92 Å². The Morgan fingerprint density at radius 3 is 2.20 bits per heavy atom. The van der Waals surface area contributed by atoms with E-state index in [1.165, 1.54) is 16.7 Å². The number of hydrogen-bond acceptors (Lipinski definition) is 1. The van der Waals surface area contributed by atoms with Crippen LogP contribution in [-0.2, 0) is 6.54 Å². The van der Waals surface area contributed by atoms with Gasteiger partial charge in [-0.25, -0.2) is 0 Å². The third-order valence-electron chi connectivity index (χ3n) is 1.58. The Morgan fingerprint density at radius 2 is 1.80 bits per heavy atom. The number of allylic oxidation sites excluding steroid dienone is 1. The molecule has 1 nitrogen and oxygen atoms in total. The van der Waals surface area contributed by atoms with Crippen LogP contribution in [0.4, 0.5) is 0 Å². The van der Waals surface area contributed by atoms with Gasteiger partial charge in [-0.05, 0) is 40.4 Å². The normalized spacial score (nSPS) is 9.47. The van der Waals surface area contributed by atoms with E-state index in [-0.39, 0.29) is 0 Å². The number of aryl methyl sites for hydroxylation is 1. The quantitative estimate of drug-likeness (QED) is 0.666. The smallest absolute Gasteiger partial charge is 0.0227 e. The molecule has 0 heterocycles. The Hall–Kier alpha value is -1.08. The van der Waals surface area contributed by atoms with E-state index >= 15 is 0 Å². The minimum Gasteiger partial charge on any atom is -0.305 e. The number of hydrogen-bond donors (Lipinski definition) is 0. The predicted octanol–water partition coefficient (Wildman–Crippen LogP) is 3.64. The van der Waals surface area contributed by atoms with Gasteiger partial charge in [0, 0.05) is 6.54 Å². The summed E-state index contributed by atoms with van der Waals surface area (Å²) in [6.45, 7) is 10.7. The molecule has 1 heteroatoms. The molecule has 1 aromatic carbocycles. The molecule has 0 saturated heterocycles. The van der Waals surface area contributed by atoms with Crippen molar-refractivity contribution in [1.82, 2.24) is 4.90 Å². The first kappa shape index (κ1) is 13.9. The third-order valence-corrected chi connectivity index (χ3v) is 1.58. The SMILES string of the molecule is C=C(C)C.Cc1cccc(CN(C)C)c1. The van der Waals surface area contributed by atoms with Gasteiger partial charge in [0.05, 0.1) is 0 Å². The molecule has 0 amide bonds. The lowest BCUT2D eigenvalue weighted by Crippen LogP contribution is -2.10. The Bertz CT molecular complexity index is 296. The topological polar surface area (TPSA) is 3.24 Å². The van der Waals surface area contributed by atoms with Crippen LogP contribution in [0.5, 0.6) is 0 Å². The summed E-state index contributed by atoms with van der Waals surface area (Å²) in [7, 11) is 4.17. The van der Waals surface area contributed by atoms with Crippen molar-refractivity contribution >= 4 is 0 Å². The molecule has 0 aliphatic carbocycles. The van der Waals surface area contributed by atoms with Crippen molar-refractivity contribution in [3.63, 3.8) is 0 Å². The fraction of sp³-hybridized carbons (Fsp3) is 0.429. The van der Waals surface area contributed by atoms with Crippen LogP contribution in [0.25, 0.3) is 0 Å². The molecule has 0 radical (unpaired) electrons. The fourth-order valence-corrected chi connectivity index (χ4v) is 1.18. The maximum Gasteiger partial charge on any atom is 0.0227 e. The van der Waals surface area contributed by atoms with Crippen LogP contribution in [0.15, 0.2) is 36.4 Å². The average Bonchev–Trinajstić information content (AvgIpc) is 2.00. The van der Waals surface area contributed by atoms with Crippen molar-refractivity contribution in [3.8, 4) is 0 Å². The second-order valence-electron chi connectivity index (χ2n) is 4.43. The summed E-state index contributed by atoms with van der Waals surface area (Å²) in [6.07, 6.45) is 0. The first-order valence-corrected chi connectivity index (χ1v) is 5.24. The molecule has 0 saturated carbocycles. The maximum atomic E-state index is 3.56. The van der Waals surface area contributed by atoms with Gasteiger partial charge in [0.25, 0.3) is 0 Å². The van der Waals surface area contributed by atoms with E-state index < -0.39 is 0 Å². The molecule has 84 valence electrons. The first-order valence-electron chi connectivity index (χ1n) is 5.24. The van der Waals surface area contributed by atoms with Crippen molar-refractivity contribution in [2.75, 3.05) is 14.1 Å². The molecule has 0 spiro atoms. The average molecular weight is 205 g/mol. The highest BCUT2D eigenvalue weighted by Crippen LogP contribution is 2.04. The van der Waals surface area contributed by atoms with Gasteiger partial charge in [-0.2, -0.15) is 0 Å². The predicted molar refractivity (Wildman–Crippen MR) is 69.1 cm³/mol. The minimum absolute atomic E-state index is 1.03. The van der Waals surface area contributed by atoms with Gasteiger partial charge >= 0.3 is 0 Å². The molecular formula is C14H23N. The highest BCUT2D eigenvalue weighted by molar-refractivity contribution is 5.21. The largest absolute Gasteiger partial charge is 0.305 e. The zero-order valence-electron chi connectivity index (χ0n) is 10.7. The van der Waals surface area contributed by atoms with Crippen LogP contribution in [0.1, 0.15) is 25.0 Å². The van der Waals surface area contributed by atoms with Gasteiger partial charge in [0.1, 0.15) is 0 Å². The molecule has 0 aliphatic rings. The van der Waals surface area contributed by atoms with Gasteiger partial charge in [0.15, 0.2) is 0 Å². The Kier molecular flexibility index (Phi) is 6.72. The van der Waals surface area contributed by atoms with E-state index in [1.54, 1.807) is 0 Å². The van der Waals surface area contributed by atoms with Crippen LogP contribution in [0.2, 0.25) is 0 Å². The van der Waals surface area contributed by atoms with Gasteiger partial charge in [-0.1, -0.05) is 35.4 Å².